The monoisotopic (exact) mass is 137 g/mol. The van der Waals surface area contributed by atoms with Crippen LogP contribution in [-0.4, -0.2) is 4.68 Å². The SMILES string of the molecule is CC.N#Cc1cccn1N. The average Bonchev–Trinajstić information content (AvgIpc) is 2.39. The molecule has 0 fully saturated rings. The topological polar surface area (TPSA) is 54.7 Å². The van der Waals surface area contributed by atoms with E-state index in [4.69, 9.17) is 11.1 Å². The van der Waals surface area contributed by atoms with Gasteiger partial charge in [-0.25, -0.2) is 0 Å². The predicted octanol–water partition coefficient (Wildman–Crippen LogP) is 1.10. The van der Waals surface area contributed by atoms with Gasteiger partial charge < -0.3 is 5.84 Å². The van der Waals surface area contributed by atoms with Crippen molar-refractivity contribution >= 4 is 0 Å². The van der Waals surface area contributed by atoms with Crippen molar-refractivity contribution in [2.24, 2.45) is 0 Å². The van der Waals surface area contributed by atoms with E-state index in [1.165, 1.54) is 4.68 Å². The van der Waals surface area contributed by atoms with E-state index in [0.29, 0.717) is 5.69 Å². The van der Waals surface area contributed by atoms with Crippen LogP contribution in [0, 0.1) is 11.3 Å². The summed E-state index contributed by atoms with van der Waals surface area (Å²) >= 11 is 0. The molecule has 1 aromatic rings. The van der Waals surface area contributed by atoms with Gasteiger partial charge in [0.05, 0.1) is 0 Å². The molecule has 0 spiro atoms. The Morgan fingerprint density at radius 3 is 2.40 bits per heavy atom. The van der Waals surface area contributed by atoms with Crippen molar-refractivity contribution < 1.29 is 0 Å². The molecule has 0 aliphatic heterocycles. The molecule has 3 heteroatoms. The molecule has 0 bridgehead atoms. The molecular formula is C7H11N3. The Hall–Kier alpha value is -1.43. The lowest BCUT2D eigenvalue weighted by atomic mass is 10.5. The minimum absolute atomic E-state index is 0.477. The molecule has 0 aliphatic rings. The summed E-state index contributed by atoms with van der Waals surface area (Å²) in [6, 6.07) is 5.29. The maximum absolute atomic E-state index is 8.26. The number of nitriles is 1. The number of nitrogens with zero attached hydrogens (tertiary/aromatic N) is 2. The first-order chi connectivity index (χ1) is 4.84. The normalized spacial score (nSPS) is 7.30. The summed E-state index contributed by atoms with van der Waals surface area (Å²) in [5.74, 6) is 5.25. The molecule has 0 aliphatic carbocycles. The summed E-state index contributed by atoms with van der Waals surface area (Å²) in [5.41, 5.74) is 0.477. The Morgan fingerprint density at radius 1 is 1.60 bits per heavy atom. The van der Waals surface area contributed by atoms with Gasteiger partial charge in [0.25, 0.3) is 0 Å². The number of aromatic nitrogens is 1. The van der Waals surface area contributed by atoms with Crippen molar-refractivity contribution in [3.63, 3.8) is 0 Å². The third-order valence-corrected chi connectivity index (χ3v) is 0.893. The second-order valence-corrected chi connectivity index (χ2v) is 1.41. The molecule has 2 N–H and O–H groups in total. The van der Waals surface area contributed by atoms with Crippen molar-refractivity contribution in [1.29, 1.82) is 5.26 Å². The fourth-order valence-corrected chi connectivity index (χ4v) is 0.488. The summed E-state index contributed by atoms with van der Waals surface area (Å²) < 4.78 is 1.28. The van der Waals surface area contributed by atoms with Gasteiger partial charge in [-0.05, 0) is 12.1 Å². The number of nitrogens with two attached hydrogens (primary N) is 1. The minimum atomic E-state index is 0.477. The first-order valence-corrected chi connectivity index (χ1v) is 3.17. The number of rotatable bonds is 0. The Labute approximate surface area is 60.7 Å². The molecular weight excluding hydrogens is 126 g/mol. The lowest BCUT2D eigenvalue weighted by Gasteiger charge is -1.87. The van der Waals surface area contributed by atoms with Crippen molar-refractivity contribution in [3.05, 3.63) is 24.0 Å². The summed E-state index contributed by atoms with van der Waals surface area (Å²) in [5, 5.41) is 8.26. The molecule has 1 rings (SSSR count). The second-order valence-electron chi connectivity index (χ2n) is 1.41. The van der Waals surface area contributed by atoms with Crippen LogP contribution in [0.25, 0.3) is 0 Å². The molecule has 10 heavy (non-hydrogen) atoms. The third-order valence-electron chi connectivity index (χ3n) is 0.893. The smallest absolute Gasteiger partial charge is 0.139 e. The van der Waals surface area contributed by atoms with E-state index in [-0.39, 0.29) is 0 Å². The molecule has 0 saturated heterocycles. The van der Waals surface area contributed by atoms with Crippen LogP contribution < -0.4 is 5.84 Å². The zero-order valence-electron chi connectivity index (χ0n) is 6.20. The van der Waals surface area contributed by atoms with Gasteiger partial charge in [-0.2, -0.15) is 5.26 Å². The molecule has 0 saturated carbocycles. The van der Waals surface area contributed by atoms with Crippen LogP contribution in [0.2, 0.25) is 0 Å². The quantitative estimate of drug-likeness (QED) is 0.544. The second kappa shape index (κ2) is 4.45. The van der Waals surface area contributed by atoms with E-state index >= 15 is 0 Å². The lowest BCUT2D eigenvalue weighted by Crippen LogP contribution is -2.07. The Morgan fingerprint density at radius 2 is 2.20 bits per heavy atom. The first kappa shape index (κ1) is 8.57. The molecule has 1 heterocycles. The molecule has 1 aromatic heterocycles. The molecule has 0 aromatic carbocycles. The fraction of sp³-hybridized carbons (Fsp3) is 0.286. The van der Waals surface area contributed by atoms with E-state index in [2.05, 4.69) is 0 Å². The van der Waals surface area contributed by atoms with Gasteiger partial charge in [-0.3, -0.25) is 4.68 Å². The predicted molar refractivity (Wildman–Crippen MR) is 40.6 cm³/mol. The standard InChI is InChI=1S/C5H5N3.C2H6/c6-4-5-2-1-3-8(5)7;1-2/h1-3H,7H2;1-2H3. The van der Waals surface area contributed by atoms with E-state index in [9.17, 15) is 0 Å². The Balaban J connectivity index is 0.000000371. The Kier molecular flexibility index (Phi) is 3.81. The van der Waals surface area contributed by atoms with Gasteiger partial charge in [0.15, 0.2) is 0 Å². The molecule has 0 radical (unpaired) electrons. The van der Waals surface area contributed by atoms with E-state index in [1.54, 1.807) is 18.3 Å². The minimum Gasteiger partial charge on any atom is -0.338 e. The molecule has 54 valence electrons. The van der Waals surface area contributed by atoms with Gasteiger partial charge in [0, 0.05) is 6.20 Å². The zero-order valence-corrected chi connectivity index (χ0v) is 6.20. The number of hydrogen-bond donors (Lipinski definition) is 1. The van der Waals surface area contributed by atoms with Crippen LogP contribution >= 0.6 is 0 Å². The highest BCUT2D eigenvalue weighted by atomic mass is 15.3. The first-order valence-electron chi connectivity index (χ1n) is 3.17. The highest BCUT2D eigenvalue weighted by Gasteiger charge is 1.89. The summed E-state index contributed by atoms with van der Waals surface area (Å²) in [7, 11) is 0. The summed E-state index contributed by atoms with van der Waals surface area (Å²) in [4.78, 5) is 0. The maximum Gasteiger partial charge on any atom is 0.139 e. The van der Waals surface area contributed by atoms with Gasteiger partial charge >= 0.3 is 0 Å². The largest absolute Gasteiger partial charge is 0.338 e. The maximum atomic E-state index is 8.26. The van der Waals surface area contributed by atoms with Gasteiger partial charge in [0.2, 0.25) is 0 Å². The number of nitrogen functional groups attached to an aromatic ring is 1. The van der Waals surface area contributed by atoms with E-state index < -0.39 is 0 Å². The van der Waals surface area contributed by atoms with Gasteiger partial charge in [-0.1, -0.05) is 13.8 Å². The van der Waals surface area contributed by atoms with E-state index in [1.807, 2.05) is 19.9 Å². The molecule has 0 atom stereocenters. The zero-order chi connectivity index (χ0) is 7.98. The highest BCUT2D eigenvalue weighted by molar-refractivity contribution is 5.21. The van der Waals surface area contributed by atoms with Crippen LogP contribution in [0.5, 0.6) is 0 Å². The fourth-order valence-electron chi connectivity index (χ4n) is 0.488. The van der Waals surface area contributed by atoms with Gasteiger partial charge in [0.1, 0.15) is 11.8 Å². The van der Waals surface area contributed by atoms with Crippen LogP contribution in [0.1, 0.15) is 19.5 Å². The van der Waals surface area contributed by atoms with Crippen LogP contribution in [0.15, 0.2) is 18.3 Å². The van der Waals surface area contributed by atoms with Crippen LogP contribution in [0.3, 0.4) is 0 Å². The highest BCUT2D eigenvalue weighted by Crippen LogP contribution is 1.92. The third kappa shape index (κ3) is 1.82. The summed E-state index contributed by atoms with van der Waals surface area (Å²) in [6.45, 7) is 4.00. The van der Waals surface area contributed by atoms with Crippen LogP contribution in [-0.2, 0) is 0 Å². The number of hydrogen-bond acceptors (Lipinski definition) is 2. The average molecular weight is 137 g/mol. The van der Waals surface area contributed by atoms with Crippen molar-refractivity contribution in [2.75, 3.05) is 5.84 Å². The molecule has 3 nitrogen and oxygen atoms in total. The van der Waals surface area contributed by atoms with Crippen molar-refractivity contribution in [3.8, 4) is 6.07 Å². The molecule has 0 unspecified atom stereocenters. The lowest BCUT2D eigenvalue weighted by molar-refractivity contribution is 0.995. The summed E-state index contributed by atoms with van der Waals surface area (Å²) in [6.07, 6.45) is 1.62. The van der Waals surface area contributed by atoms with Crippen LogP contribution in [0.4, 0.5) is 0 Å². The van der Waals surface area contributed by atoms with Crippen molar-refractivity contribution in [1.82, 2.24) is 4.68 Å². The Bertz CT molecular complexity index is 219. The van der Waals surface area contributed by atoms with Gasteiger partial charge in [-0.15, -0.1) is 0 Å². The van der Waals surface area contributed by atoms with E-state index in [0.717, 1.165) is 0 Å². The molecule has 0 amide bonds. The van der Waals surface area contributed by atoms with Crippen molar-refractivity contribution in [2.45, 2.75) is 13.8 Å².